The number of anilines is 2. The van der Waals surface area contributed by atoms with Gasteiger partial charge in [0.15, 0.2) is 0 Å². The van der Waals surface area contributed by atoms with Gasteiger partial charge >= 0.3 is 6.01 Å². The van der Waals surface area contributed by atoms with Crippen molar-refractivity contribution >= 4 is 22.3 Å². The summed E-state index contributed by atoms with van der Waals surface area (Å²) in [5, 5.41) is 11.9. The summed E-state index contributed by atoms with van der Waals surface area (Å²) in [5.41, 5.74) is 3.64. The lowest BCUT2D eigenvalue weighted by Crippen LogP contribution is -2.52. The smallest absolute Gasteiger partial charge is 0.318 e. The molecule has 1 unspecified atom stereocenters. The average Bonchev–Trinajstić information content (AvgIpc) is 3.69. The van der Waals surface area contributed by atoms with E-state index in [0.717, 1.165) is 44.1 Å². The number of ether oxygens (including phenoxy) is 1. The van der Waals surface area contributed by atoms with Crippen molar-refractivity contribution in [2.75, 3.05) is 69.8 Å². The average molecular weight is 558 g/mol. The molecule has 1 aliphatic carbocycles. The molecule has 0 amide bonds. The number of piperazine rings is 1. The Morgan fingerprint density at radius 3 is 2.71 bits per heavy atom. The van der Waals surface area contributed by atoms with Crippen LogP contribution in [-0.4, -0.2) is 91.4 Å². The Balaban J connectivity index is 1.28. The molecule has 2 fully saturated rings. The molecule has 0 spiro atoms. The summed E-state index contributed by atoms with van der Waals surface area (Å²) in [6.07, 6.45) is 2.63. The fraction of sp³-hybridized carbons (Fsp3) is 0.531. The first kappa shape index (κ1) is 27.7. The van der Waals surface area contributed by atoms with Gasteiger partial charge in [-0.05, 0) is 57.3 Å². The van der Waals surface area contributed by atoms with Crippen molar-refractivity contribution in [3.63, 3.8) is 0 Å². The number of alkyl halides is 1. The fourth-order valence-corrected chi connectivity index (χ4v) is 6.30. The number of rotatable bonds is 9. The minimum atomic E-state index is -1.02. The van der Waals surface area contributed by atoms with E-state index in [2.05, 4.69) is 71.1 Å². The van der Waals surface area contributed by atoms with Gasteiger partial charge in [-0.15, -0.1) is 0 Å². The van der Waals surface area contributed by atoms with E-state index in [1.165, 1.54) is 27.6 Å². The van der Waals surface area contributed by atoms with E-state index >= 15 is 0 Å². The van der Waals surface area contributed by atoms with Crippen LogP contribution in [0.5, 0.6) is 6.01 Å². The second kappa shape index (κ2) is 11.4. The van der Waals surface area contributed by atoms with E-state index in [4.69, 9.17) is 14.7 Å². The summed E-state index contributed by atoms with van der Waals surface area (Å²) in [7, 11) is 4.03. The van der Waals surface area contributed by atoms with Gasteiger partial charge in [0.05, 0.1) is 24.7 Å². The van der Waals surface area contributed by atoms with Crippen LogP contribution in [0.15, 0.2) is 36.4 Å². The van der Waals surface area contributed by atoms with Gasteiger partial charge in [-0.3, -0.25) is 9.80 Å². The van der Waals surface area contributed by atoms with E-state index in [9.17, 15) is 9.65 Å². The number of halogens is 1. The van der Waals surface area contributed by atoms with Crippen molar-refractivity contribution in [2.24, 2.45) is 0 Å². The fourth-order valence-electron chi connectivity index (χ4n) is 6.30. The number of hydrogen-bond acceptors (Lipinski definition) is 8. The lowest BCUT2D eigenvalue weighted by Gasteiger charge is -2.41. The first-order valence-corrected chi connectivity index (χ1v) is 14.8. The zero-order valence-electron chi connectivity index (χ0n) is 24.4. The monoisotopic (exact) mass is 557 g/mol. The van der Waals surface area contributed by atoms with Crippen LogP contribution in [0.2, 0.25) is 0 Å². The van der Waals surface area contributed by atoms with Crippen molar-refractivity contribution in [3.8, 4) is 12.1 Å². The second-order valence-electron chi connectivity index (χ2n) is 12.1. The van der Waals surface area contributed by atoms with Crippen molar-refractivity contribution in [2.45, 2.75) is 50.9 Å². The van der Waals surface area contributed by atoms with Gasteiger partial charge in [-0.1, -0.05) is 30.3 Å². The van der Waals surface area contributed by atoms with Gasteiger partial charge in [-0.25, -0.2) is 4.39 Å². The number of hydrogen-bond donors (Lipinski definition) is 0. The second-order valence-corrected chi connectivity index (χ2v) is 12.1. The Kier molecular flexibility index (Phi) is 7.71. The molecule has 0 N–H and O–H groups in total. The van der Waals surface area contributed by atoms with Crippen LogP contribution in [0, 0.1) is 18.3 Å². The molecular weight excluding hydrogens is 517 g/mol. The minimum Gasteiger partial charge on any atom is -0.462 e. The van der Waals surface area contributed by atoms with Gasteiger partial charge in [0.2, 0.25) is 0 Å². The highest BCUT2D eigenvalue weighted by Gasteiger charge is 2.43. The Labute approximate surface area is 242 Å². The molecular formula is C32H40FN7O. The Bertz CT molecular complexity index is 1450. The third-order valence-corrected chi connectivity index (χ3v) is 8.91. The molecule has 1 aromatic heterocycles. The van der Waals surface area contributed by atoms with E-state index < -0.39 is 5.67 Å². The SMILES string of the molecule is Cc1cccc2cccc(N3CCc4c(nc(OCCN(C)CC5(F)CC5)nc4N4CCN(C)C(CC#N)C4)C3)c12. The third kappa shape index (κ3) is 5.95. The summed E-state index contributed by atoms with van der Waals surface area (Å²) in [6, 6.07) is 15.9. The summed E-state index contributed by atoms with van der Waals surface area (Å²) in [4.78, 5) is 18.9. The van der Waals surface area contributed by atoms with E-state index in [1.54, 1.807) is 0 Å². The lowest BCUT2D eigenvalue weighted by atomic mass is 9.99. The van der Waals surface area contributed by atoms with Crippen molar-refractivity contribution in [3.05, 3.63) is 53.2 Å². The highest BCUT2D eigenvalue weighted by atomic mass is 19.1. The van der Waals surface area contributed by atoms with Crippen LogP contribution < -0.4 is 14.5 Å². The molecule has 9 heteroatoms. The number of fused-ring (bicyclic) bond motifs is 2. The molecule has 3 heterocycles. The Morgan fingerprint density at radius 2 is 1.93 bits per heavy atom. The van der Waals surface area contributed by atoms with Crippen LogP contribution in [-0.2, 0) is 13.0 Å². The van der Waals surface area contributed by atoms with Crippen LogP contribution in [0.3, 0.4) is 0 Å². The number of nitrogens with zero attached hydrogens (tertiary/aromatic N) is 7. The third-order valence-electron chi connectivity index (χ3n) is 8.91. The molecule has 3 aliphatic rings. The normalized spacial score (nSPS) is 20.2. The maximum Gasteiger partial charge on any atom is 0.318 e. The summed E-state index contributed by atoms with van der Waals surface area (Å²) in [5.74, 6) is 0.934. The predicted octanol–water partition coefficient (Wildman–Crippen LogP) is 4.35. The highest BCUT2D eigenvalue weighted by Crippen LogP contribution is 2.40. The number of benzene rings is 2. The van der Waals surface area contributed by atoms with Crippen LogP contribution in [0.4, 0.5) is 15.9 Å². The van der Waals surface area contributed by atoms with Crippen LogP contribution in [0.1, 0.15) is 36.1 Å². The van der Waals surface area contributed by atoms with Crippen molar-refractivity contribution < 1.29 is 9.13 Å². The minimum absolute atomic E-state index is 0.159. The number of aromatic nitrogens is 2. The molecule has 0 radical (unpaired) electrons. The quantitative estimate of drug-likeness (QED) is 0.385. The molecule has 8 nitrogen and oxygen atoms in total. The van der Waals surface area contributed by atoms with E-state index in [0.29, 0.717) is 51.5 Å². The molecule has 2 aliphatic heterocycles. The van der Waals surface area contributed by atoms with Gasteiger partial charge in [-0.2, -0.15) is 15.2 Å². The first-order chi connectivity index (χ1) is 19.8. The molecule has 1 saturated carbocycles. The zero-order chi connectivity index (χ0) is 28.6. The van der Waals surface area contributed by atoms with Crippen molar-refractivity contribution in [1.82, 2.24) is 19.8 Å². The standard InChI is InChI=1S/C32H40FN7O/c1-23-6-4-7-24-8-5-9-28(29(23)24)39-15-11-26-27(21-39)35-31(41-19-18-37(2)22-32(33)12-13-32)36-30(26)40-17-16-38(3)25(20-40)10-14-34/h4-9,25H,10-13,15-22H2,1-3H3. The highest BCUT2D eigenvalue weighted by molar-refractivity contribution is 5.97. The van der Waals surface area contributed by atoms with Gasteiger partial charge in [0.1, 0.15) is 18.1 Å². The zero-order valence-corrected chi connectivity index (χ0v) is 24.4. The molecule has 0 bridgehead atoms. The van der Waals surface area contributed by atoms with Gasteiger partial charge in [0.25, 0.3) is 0 Å². The maximum atomic E-state index is 14.2. The molecule has 216 valence electrons. The topological polar surface area (TPSA) is 71.8 Å². The Hall–Kier alpha value is -3.48. The number of aryl methyl sites for hydroxylation is 1. The molecule has 41 heavy (non-hydrogen) atoms. The summed E-state index contributed by atoms with van der Waals surface area (Å²) >= 11 is 0. The van der Waals surface area contributed by atoms with Crippen LogP contribution in [0.25, 0.3) is 10.8 Å². The Morgan fingerprint density at radius 1 is 1.12 bits per heavy atom. The summed E-state index contributed by atoms with van der Waals surface area (Å²) in [6.45, 7) is 7.64. The lowest BCUT2D eigenvalue weighted by molar-refractivity contribution is 0.171. The van der Waals surface area contributed by atoms with E-state index in [-0.39, 0.29) is 6.04 Å². The molecule has 2 aromatic carbocycles. The number of nitriles is 1. The van der Waals surface area contributed by atoms with Gasteiger partial charge < -0.3 is 14.5 Å². The molecule has 1 saturated heterocycles. The molecule has 1 atom stereocenters. The number of likely N-dealkylation sites (N-methyl/N-ethyl adjacent to an activating group) is 2. The predicted molar refractivity (Wildman–Crippen MR) is 160 cm³/mol. The van der Waals surface area contributed by atoms with Crippen LogP contribution >= 0.6 is 0 Å². The molecule has 6 rings (SSSR count). The van der Waals surface area contributed by atoms with E-state index in [1.807, 2.05) is 11.9 Å². The molecule has 3 aromatic rings. The first-order valence-electron chi connectivity index (χ1n) is 14.8. The largest absolute Gasteiger partial charge is 0.462 e. The summed E-state index contributed by atoms with van der Waals surface area (Å²) < 4.78 is 20.4. The maximum absolute atomic E-state index is 14.2. The van der Waals surface area contributed by atoms with Crippen molar-refractivity contribution in [1.29, 1.82) is 5.26 Å². The van der Waals surface area contributed by atoms with Gasteiger partial charge in [0, 0.05) is 61.9 Å².